The van der Waals surface area contributed by atoms with Gasteiger partial charge in [-0.05, 0) is 25.5 Å². The molecule has 1 amide bonds. The van der Waals surface area contributed by atoms with Gasteiger partial charge in [0.15, 0.2) is 0 Å². The highest BCUT2D eigenvalue weighted by molar-refractivity contribution is 6.31. The fourth-order valence-electron chi connectivity index (χ4n) is 2.72. The molecule has 1 aliphatic rings. The second-order valence-corrected chi connectivity index (χ2v) is 5.86. The average molecular weight is 323 g/mol. The van der Waals surface area contributed by atoms with Gasteiger partial charge >= 0.3 is 0 Å². The van der Waals surface area contributed by atoms with Gasteiger partial charge in [0.1, 0.15) is 17.5 Å². The second-order valence-electron chi connectivity index (χ2n) is 5.45. The first-order chi connectivity index (χ1) is 10.5. The van der Waals surface area contributed by atoms with Gasteiger partial charge in [-0.25, -0.2) is 4.39 Å². The van der Waals surface area contributed by atoms with Gasteiger partial charge in [0.25, 0.3) is 0 Å². The summed E-state index contributed by atoms with van der Waals surface area (Å²) in [6.45, 7) is 2.53. The summed E-state index contributed by atoms with van der Waals surface area (Å²) in [5.41, 5.74) is 0.235. The Hall–Kier alpha value is -1.95. The molecule has 0 aliphatic carbocycles. The third-order valence-corrected chi connectivity index (χ3v) is 4.25. The number of nitrogens with one attached hydrogen (secondary N) is 1. The van der Waals surface area contributed by atoms with E-state index in [1.54, 1.807) is 6.07 Å². The molecule has 1 N–H and O–H groups in total. The molecule has 0 bridgehead atoms. The fraction of sp³-hybridized carbons (Fsp3) is 0.400. The predicted octanol–water partition coefficient (Wildman–Crippen LogP) is 2.05. The monoisotopic (exact) mass is 322 g/mol. The summed E-state index contributed by atoms with van der Waals surface area (Å²) in [6.07, 6.45) is 1.51. The maximum atomic E-state index is 13.7. The number of rotatable bonds is 3. The summed E-state index contributed by atoms with van der Waals surface area (Å²) in [5, 5.41) is 11.3. The minimum absolute atomic E-state index is 0.000231. The third-order valence-electron chi connectivity index (χ3n) is 3.90. The van der Waals surface area contributed by atoms with Crippen molar-refractivity contribution in [1.82, 2.24) is 20.1 Å². The van der Waals surface area contributed by atoms with E-state index in [2.05, 4.69) is 15.5 Å². The number of benzene rings is 1. The molecule has 2 aromatic rings. The number of hydrogen-bond donors (Lipinski definition) is 1. The highest BCUT2D eigenvalue weighted by Crippen LogP contribution is 2.20. The summed E-state index contributed by atoms with van der Waals surface area (Å²) in [7, 11) is 0. The van der Waals surface area contributed by atoms with Gasteiger partial charge in [0.05, 0.1) is 6.42 Å². The molecular formula is C15H16ClFN4O. The Labute approximate surface area is 132 Å². The molecule has 7 heteroatoms. The van der Waals surface area contributed by atoms with E-state index >= 15 is 0 Å². The molecule has 2 heterocycles. The largest absolute Gasteiger partial charge is 0.351 e. The predicted molar refractivity (Wildman–Crippen MR) is 80.1 cm³/mol. The Kier molecular flexibility index (Phi) is 4.11. The van der Waals surface area contributed by atoms with Crippen molar-refractivity contribution in [2.45, 2.75) is 38.8 Å². The van der Waals surface area contributed by atoms with E-state index in [4.69, 9.17) is 11.6 Å². The Morgan fingerprint density at radius 2 is 2.32 bits per heavy atom. The topological polar surface area (TPSA) is 59.8 Å². The van der Waals surface area contributed by atoms with Crippen LogP contribution in [0, 0.1) is 12.7 Å². The summed E-state index contributed by atoms with van der Waals surface area (Å²) in [5.74, 6) is 1.10. The van der Waals surface area contributed by atoms with Crippen LogP contribution in [0.4, 0.5) is 4.39 Å². The number of amides is 1. The molecule has 3 rings (SSSR count). The van der Waals surface area contributed by atoms with Crippen molar-refractivity contribution in [3.05, 3.63) is 46.3 Å². The molecule has 5 nitrogen and oxygen atoms in total. The van der Waals surface area contributed by atoms with Crippen LogP contribution in [0.25, 0.3) is 0 Å². The van der Waals surface area contributed by atoms with Crippen molar-refractivity contribution >= 4 is 17.5 Å². The lowest BCUT2D eigenvalue weighted by Gasteiger charge is -2.25. The van der Waals surface area contributed by atoms with E-state index in [0.29, 0.717) is 6.54 Å². The number of carbonyl (C=O) groups is 1. The maximum absolute atomic E-state index is 13.7. The van der Waals surface area contributed by atoms with Gasteiger partial charge in [-0.3, -0.25) is 4.79 Å². The smallest absolute Gasteiger partial charge is 0.224 e. The van der Waals surface area contributed by atoms with Crippen LogP contribution in [-0.2, 0) is 24.2 Å². The zero-order valence-electron chi connectivity index (χ0n) is 12.1. The number of carbonyl (C=O) groups excluding carboxylic acids is 1. The Morgan fingerprint density at radius 3 is 3.09 bits per heavy atom. The van der Waals surface area contributed by atoms with Gasteiger partial charge in [0, 0.05) is 29.6 Å². The molecule has 0 fully saturated rings. The van der Waals surface area contributed by atoms with Crippen molar-refractivity contribution in [1.29, 1.82) is 0 Å². The first-order valence-electron chi connectivity index (χ1n) is 7.15. The molecule has 1 aromatic heterocycles. The van der Waals surface area contributed by atoms with Gasteiger partial charge in [-0.1, -0.05) is 17.7 Å². The quantitative estimate of drug-likeness (QED) is 0.941. The van der Waals surface area contributed by atoms with Crippen LogP contribution in [0.5, 0.6) is 0 Å². The first kappa shape index (κ1) is 15.0. The van der Waals surface area contributed by atoms with Gasteiger partial charge in [-0.15, -0.1) is 10.2 Å². The molecule has 0 saturated carbocycles. The Morgan fingerprint density at radius 1 is 1.50 bits per heavy atom. The van der Waals surface area contributed by atoms with Crippen LogP contribution in [0.1, 0.15) is 23.6 Å². The normalized spacial score (nSPS) is 17.1. The highest BCUT2D eigenvalue weighted by Gasteiger charge is 2.23. The second kappa shape index (κ2) is 6.04. The van der Waals surface area contributed by atoms with Crippen LogP contribution < -0.4 is 5.32 Å². The number of nitrogens with zero attached hydrogens (tertiary/aromatic N) is 3. The number of hydrogen-bond acceptors (Lipinski definition) is 3. The molecule has 22 heavy (non-hydrogen) atoms. The van der Waals surface area contributed by atoms with Gasteiger partial charge in [0.2, 0.25) is 5.91 Å². The Bertz CT molecular complexity index is 695. The minimum atomic E-state index is -0.455. The maximum Gasteiger partial charge on any atom is 0.224 e. The highest BCUT2D eigenvalue weighted by atomic mass is 35.5. The standard InChI is InChI=1S/C15H16ClFN4O/c1-9-19-20-14-6-5-10(8-21(9)14)18-15(22)7-11-12(16)3-2-4-13(11)17/h2-4,10H,5-8H2,1H3,(H,18,22). The zero-order valence-corrected chi connectivity index (χ0v) is 12.9. The first-order valence-corrected chi connectivity index (χ1v) is 7.53. The van der Waals surface area contributed by atoms with Gasteiger partial charge < -0.3 is 9.88 Å². The van der Waals surface area contributed by atoms with E-state index in [-0.39, 0.29) is 29.0 Å². The van der Waals surface area contributed by atoms with E-state index in [1.807, 2.05) is 11.5 Å². The number of aromatic nitrogens is 3. The zero-order chi connectivity index (χ0) is 15.7. The summed E-state index contributed by atoms with van der Waals surface area (Å²) in [4.78, 5) is 12.1. The third kappa shape index (κ3) is 2.97. The summed E-state index contributed by atoms with van der Waals surface area (Å²) >= 11 is 5.95. The van der Waals surface area contributed by atoms with E-state index in [1.165, 1.54) is 12.1 Å². The molecule has 1 aromatic carbocycles. The molecule has 116 valence electrons. The number of fused-ring (bicyclic) bond motifs is 1. The fourth-order valence-corrected chi connectivity index (χ4v) is 2.95. The molecule has 1 unspecified atom stereocenters. The van der Waals surface area contributed by atoms with Crippen LogP contribution >= 0.6 is 11.6 Å². The van der Waals surface area contributed by atoms with Crippen LogP contribution in [0.3, 0.4) is 0 Å². The number of aryl methyl sites for hydroxylation is 2. The van der Waals surface area contributed by atoms with Crippen molar-refractivity contribution in [3.63, 3.8) is 0 Å². The molecular weight excluding hydrogens is 307 g/mol. The molecule has 0 radical (unpaired) electrons. The van der Waals surface area contributed by atoms with Crippen LogP contribution in [-0.4, -0.2) is 26.7 Å². The molecule has 0 saturated heterocycles. The molecule has 1 atom stereocenters. The van der Waals surface area contributed by atoms with Crippen molar-refractivity contribution < 1.29 is 9.18 Å². The van der Waals surface area contributed by atoms with E-state index < -0.39 is 5.82 Å². The SMILES string of the molecule is Cc1nnc2n1CC(NC(=O)Cc1c(F)cccc1Cl)CC2. The van der Waals surface area contributed by atoms with E-state index in [0.717, 1.165) is 24.5 Å². The lowest BCUT2D eigenvalue weighted by atomic mass is 10.1. The molecule has 0 spiro atoms. The van der Waals surface area contributed by atoms with Gasteiger partial charge in [-0.2, -0.15) is 0 Å². The summed E-state index contributed by atoms with van der Waals surface area (Å²) < 4.78 is 15.7. The van der Waals surface area contributed by atoms with Crippen LogP contribution in [0.2, 0.25) is 5.02 Å². The lowest BCUT2D eigenvalue weighted by Crippen LogP contribution is -2.42. The summed E-state index contributed by atoms with van der Waals surface area (Å²) in [6, 6.07) is 4.42. The Balaban J connectivity index is 1.65. The van der Waals surface area contributed by atoms with Crippen molar-refractivity contribution in [2.24, 2.45) is 0 Å². The number of halogens is 2. The van der Waals surface area contributed by atoms with Crippen molar-refractivity contribution in [2.75, 3.05) is 0 Å². The van der Waals surface area contributed by atoms with E-state index in [9.17, 15) is 9.18 Å². The average Bonchev–Trinajstić information content (AvgIpc) is 2.84. The molecule has 1 aliphatic heterocycles. The minimum Gasteiger partial charge on any atom is -0.351 e. The van der Waals surface area contributed by atoms with Crippen molar-refractivity contribution in [3.8, 4) is 0 Å². The lowest BCUT2D eigenvalue weighted by molar-refractivity contribution is -0.121. The van der Waals surface area contributed by atoms with Crippen LogP contribution in [0.15, 0.2) is 18.2 Å².